The number of hydrogen-bond donors (Lipinski definition) is 2. The van der Waals surface area contributed by atoms with Gasteiger partial charge in [-0.3, -0.25) is 4.79 Å². The number of carbonyl (C=O) groups is 1. The second-order valence-corrected chi connectivity index (χ2v) is 5.74. The lowest BCUT2D eigenvalue weighted by Gasteiger charge is -2.26. The second kappa shape index (κ2) is 4.90. The Labute approximate surface area is 113 Å². The molecule has 3 nitrogen and oxygen atoms in total. The number of nitrogens with two attached hydrogens (primary N) is 1. The lowest BCUT2D eigenvalue weighted by atomic mass is 9.95. The SMILES string of the molecule is C[C@@H](NC(=O)C(C)(N)C1CC1)c1ccc(Cl)cc1. The first kappa shape index (κ1) is 13.4. The van der Waals surface area contributed by atoms with Gasteiger partial charge in [0.05, 0.1) is 11.6 Å². The lowest BCUT2D eigenvalue weighted by molar-refractivity contribution is -0.127. The molecular formula is C14H19ClN2O. The molecule has 18 heavy (non-hydrogen) atoms. The van der Waals surface area contributed by atoms with Gasteiger partial charge in [-0.05, 0) is 50.3 Å². The highest BCUT2D eigenvalue weighted by molar-refractivity contribution is 6.30. The zero-order valence-electron chi connectivity index (χ0n) is 10.7. The molecule has 0 heterocycles. The second-order valence-electron chi connectivity index (χ2n) is 5.30. The third-order valence-corrected chi connectivity index (χ3v) is 3.88. The molecule has 4 heteroatoms. The van der Waals surface area contributed by atoms with Crippen LogP contribution < -0.4 is 11.1 Å². The Hall–Kier alpha value is -1.06. The van der Waals surface area contributed by atoms with Crippen LogP contribution in [0.2, 0.25) is 5.02 Å². The van der Waals surface area contributed by atoms with Gasteiger partial charge in [0.1, 0.15) is 0 Å². The number of hydrogen-bond acceptors (Lipinski definition) is 2. The van der Waals surface area contributed by atoms with E-state index in [0.717, 1.165) is 18.4 Å². The minimum Gasteiger partial charge on any atom is -0.348 e. The van der Waals surface area contributed by atoms with Crippen LogP contribution in [0, 0.1) is 5.92 Å². The van der Waals surface area contributed by atoms with Crippen LogP contribution in [-0.4, -0.2) is 11.4 Å². The van der Waals surface area contributed by atoms with Gasteiger partial charge in [-0.2, -0.15) is 0 Å². The molecule has 1 unspecified atom stereocenters. The molecule has 3 N–H and O–H groups in total. The van der Waals surface area contributed by atoms with Crippen molar-refractivity contribution in [3.63, 3.8) is 0 Å². The monoisotopic (exact) mass is 266 g/mol. The number of rotatable bonds is 4. The number of benzene rings is 1. The molecule has 1 aliphatic rings. The molecule has 1 aromatic rings. The van der Waals surface area contributed by atoms with Gasteiger partial charge < -0.3 is 11.1 Å². The van der Waals surface area contributed by atoms with Crippen molar-refractivity contribution in [3.8, 4) is 0 Å². The number of carbonyl (C=O) groups excluding carboxylic acids is 1. The molecule has 1 saturated carbocycles. The predicted octanol–water partition coefficient (Wildman–Crippen LogP) is 2.64. The normalized spacial score (nSPS) is 20.0. The Morgan fingerprint density at radius 2 is 2.00 bits per heavy atom. The van der Waals surface area contributed by atoms with E-state index in [4.69, 9.17) is 17.3 Å². The summed E-state index contributed by atoms with van der Waals surface area (Å²) in [7, 11) is 0. The summed E-state index contributed by atoms with van der Waals surface area (Å²) in [5.41, 5.74) is 6.36. The molecule has 1 fully saturated rings. The fraction of sp³-hybridized carbons (Fsp3) is 0.500. The molecule has 0 aromatic heterocycles. The minimum atomic E-state index is -0.749. The first-order valence-electron chi connectivity index (χ1n) is 6.26. The van der Waals surface area contributed by atoms with Crippen molar-refractivity contribution in [1.82, 2.24) is 5.32 Å². The third kappa shape index (κ3) is 2.85. The van der Waals surface area contributed by atoms with Gasteiger partial charge in [0.15, 0.2) is 0 Å². The van der Waals surface area contributed by atoms with E-state index in [9.17, 15) is 4.79 Å². The first-order chi connectivity index (χ1) is 8.41. The maximum absolute atomic E-state index is 12.1. The lowest BCUT2D eigenvalue weighted by Crippen LogP contribution is -2.53. The molecule has 1 amide bonds. The Balaban J connectivity index is 2.00. The maximum atomic E-state index is 12.1. The van der Waals surface area contributed by atoms with Crippen molar-refractivity contribution in [3.05, 3.63) is 34.9 Å². The average molecular weight is 267 g/mol. The van der Waals surface area contributed by atoms with Crippen LogP contribution >= 0.6 is 11.6 Å². The standard InChI is InChI=1S/C14H19ClN2O/c1-9(10-3-7-12(15)8-4-10)17-13(18)14(2,16)11-5-6-11/h3-4,7-9,11H,5-6,16H2,1-2H3,(H,17,18)/t9-,14?/m1/s1. The summed E-state index contributed by atoms with van der Waals surface area (Å²) in [6.07, 6.45) is 2.10. The van der Waals surface area contributed by atoms with Crippen LogP contribution in [0.1, 0.15) is 38.3 Å². The predicted molar refractivity (Wildman–Crippen MR) is 73.3 cm³/mol. The van der Waals surface area contributed by atoms with E-state index >= 15 is 0 Å². The molecule has 2 rings (SSSR count). The van der Waals surface area contributed by atoms with Crippen LogP contribution in [0.3, 0.4) is 0 Å². The summed E-state index contributed by atoms with van der Waals surface area (Å²) in [6, 6.07) is 7.41. The van der Waals surface area contributed by atoms with E-state index in [2.05, 4.69) is 5.32 Å². The molecule has 0 aliphatic heterocycles. The largest absolute Gasteiger partial charge is 0.348 e. The summed E-state index contributed by atoms with van der Waals surface area (Å²) in [5, 5.41) is 3.66. The molecule has 2 atom stereocenters. The van der Waals surface area contributed by atoms with E-state index in [-0.39, 0.29) is 11.9 Å². The van der Waals surface area contributed by atoms with Gasteiger partial charge in [-0.25, -0.2) is 0 Å². The fourth-order valence-corrected chi connectivity index (χ4v) is 2.18. The van der Waals surface area contributed by atoms with Crippen molar-refractivity contribution < 1.29 is 4.79 Å². The average Bonchev–Trinajstić information content (AvgIpc) is 3.13. The van der Waals surface area contributed by atoms with Crippen LogP contribution in [0.4, 0.5) is 0 Å². The minimum absolute atomic E-state index is 0.0589. The first-order valence-corrected chi connectivity index (χ1v) is 6.64. The van der Waals surface area contributed by atoms with Crippen LogP contribution in [-0.2, 0) is 4.79 Å². The van der Waals surface area contributed by atoms with Crippen molar-refractivity contribution in [2.75, 3.05) is 0 Å². The smallest absolute Gasteiger partial charge is 0.240 e. The molecular weight excluding hydrogens is 248 g/mol. The molecule has 0 spiro atoms. The van der Waals surface area contributed by atoms with Crippen LogP contribution in [0.15, 0.2) is 24.3 Å². The Morgan fingerprint density at radius 1 is 1.44 bits per heavy atom. The Kier molecular flexibility index (Phi) is 3.64. The topological polar surface area (TPSA) is 55.1 Å². The van der Waals surface area contributed by atoms with E-state index < -0.39 is 5.54 Å². The molecule has 0 radical (unpaired) electrons. The number of amides is 1. The number of halogens is 1. The summed E-state index contributed by atoms with van der Waals surface area (Å²) in [4.78, 5) is 12.1. The van der Waals surface area contributed by atoms with Crippen molar-refractivity contribution in [1.29, 1.82) is 0 Å². The summed E-state index contributed by atoms with van der Waals surface area (Å²) in [6.45, 7) is 3.76. The van der Waals surface area contributed by atoms with Crippen molar-refractivity contribution in [2.45, 2.75) is 38.3 Å². The van der Waals surface area contributed by atoms with Gasteiger partial charge >= 0.3 is 0 Å². The van der Waals surface area contributed by atoms with Gasteiger partial charge in [0.2, 0.25) is 5.91 Å². The van der Waals surface area contributed by atoms with Crippen molar-refractivity contribution >= 4 is 17.5 Å². The highest BCUT2D eigenvalue weighted by Gasteiger charge is 2.44. The van der Waals surface area contributed by atoms with Gasteiger partial charge in [-0.1, -0.05) is 23.7 Å². The molecule has 0 bridgehead atoms. The molecule has 98 valence electrons. The molecule has 0 saturated heterocycles. The third-order valence-electron chi connectivity index (χ3n) is 3.63. The highest BCUT2D eigenvalue weighted by atomic mass is 35.5. The van der Waals surface area contributed by atoms with E-state index in [1.54, 1.807) is 0 Å². The van der Waals surface area contributed by atoms with Crippen LogP contribution in [0.25, 0.3) is 0 Å². The molecule has 1 aliphatic carbocycles. The van der Waals surface area contributed by atoms with Gasteiger partial charge in [-0.15, -0.1) is 0 Å². The molecule has 1 aromatic carbocycles. The Bertz CT molecular complexity index is 438. The van der Waals surface area contributed by atoms with Gasteiger partial charge in [0, 0.05) is 5.02 Å². The summed E-state index contributed by atoms with van der Waals surface area (Å²) >= 11 is 5.84. The van der Waals surface area contributed by atoms with Crippen molar-refractivity contribution in [2.24, 2.45) is 11.7 Å². The van der Waals surface area contributed by atoms with E-state index in [0.29, 0.717) is 10.9 Å². The quantitative estimate of drug-likeness (QED) is 0.880. The summed E-state index contributed by atoms with van der Waals surface area (Å²) in [5.74, 6) is 0.252. The Morgan fingerprint density at radius 3 is 2.50 bits per heavy atom. The van der Waals surface area contributed by atoms with E-state index in [1.807, 2.05) is 38.1 Å². The zero-order chi connectivity index (χ0) is 13.3. The summed E-state index contributed by atoms with van der Waals surface area (Å²) < 4.78 is 0. The number of nitrogens with one attached hydrogen (secondary N) is 1. The fourth-order valence-electron chi connectivity index (χ4n) is 2.06. The highest BCUT2D eigenvalue weighted by Crippen LogP contribution is 2.38. The van der Waals surface area contributed by atoms with Crippen LogP contribution in [0.5, 0.6) is 0 Å². The van der Waals surface area contributed by atoms with E-state index in [1.165, 1.54) is 0 Å². The van der Waals surface area contributed by atoms with Gasteiger partial charge in [0.25, 0.3) is 0 Å². The zero-order valence-corrected chi connectivity index (χ0v) is 11.5. The maximum Gasteiger partial charge on any atom is 0.240 e.